The Hall–Kier alpha value is -2.71. The lowest BCUT2D eigenvalue weighted by Crippen LogP contribution is -2.22. The predicted octanol–water partition coefficient (Wildman–Crippen LogP) is 2.25. The average molecular weight is 313 g/mol. The molecule has 0 unspecified atom stereocenters. The minimum atomic E-state index is -4.71. The summed E-state index contributed by atoms with van der Waals surface area (Å²) in [6.07, 6.45) is -3.06. The topological polar surface area (TPSA) is 77.5 Å². The molecule has 0 amide bonds. The maximum Gasteiger partial charge on any atom is 0.573 e. The molecule has 0 radical (unpaired) electrons. The first-order valence-electron chi connectivity index (χ1n) is 6.23. The van der Waals surface area contributed by atoms with Crippen molar-refractivity contribution in [3.8, 4) is 5.75 Å². The molecular formula is C13H14F3N5O. The summed E-state index contributed by atoms with van der Waals surface area (Å²) in [4.78, 5) is 4.12. The van der Waals surface area contributed by atoms with Crippen molar-refractivity contribution in [1.82, 2.24) is 9.78 Å². The van der Waals surface area contributed by atoms with Crippen LogP contribution < -0.4 is 15.8 Å². The number of nitrogens with two attached hydrogens (primary N) is 1. The van der Waals surface area contributed by atoms with Crippen LogP contribution in [0.2, 0.25) is 0 Å². The van der Waals surface area contributed by atoms with Gasteiger partial charge in [-0.25, -0.2) is 4.99 Å². The van der Waals surface area contributed by atoms with Crippen molar-refractivity contribution < 1.29 is 17.9 Å². The quantitative estimate of drug-likeness (QED) is 0.670. The average Bonchev–Trinajstić information content (AvgIpc) is 2.83. The summed E-state index contributed by atoms with van der Waals surface area (Å²) in [5, 5.41) is 6.77. The van der Waals surface area contributed by atoms with Gasteiger partial charge in [0.15, 0.2) is 5.96 Å². The van der Waals surface area contributed by atoms with Crippen LogP contribution in [0.3, 0.4) is 0 Å². The Morgan fingerprint density at radius 2 is 2.00 bits per heavy atom. The van der Waals surface area contributed by atoms with Gasteiger partial charge in [0.2, 0.25) is 0 Å². The highest BCUT2D eigenvalue weighted by Crippen LogP contribution is 2.23. The molecule has 0 aliphatic carbocycles. The Balaban J connectivity index is 1.94. The number of aromatic nitrogens is 2. The number of guanidine groups is 1. The smallest absolute Gasteiger partial charge is 0.406 e. The largest absolute Gasteiger partial charge is 0.573 e. The van der Waals surface area contributed by atoms with Crippen LogP contribution >= 0.6 is 0 Å². The van der Waals surface area contributed by atoms with E-state index in [0.29, 0.717) is 12.2 Å². The number of rotatable bonds is 4. The van der Waals surface area contributed by atoms with Gasteiger partial charge in [-0.3, -0.25) is 4.68 Å². The first kappa shape index (κ1) is 15.7. The van der Waals surface area contributed by atoms with E-state index in [1.807, 2.05) is 0 Å². The minimum Gasteiger partial charge on any atom is -0.406 e. The first-order chi connectivity index (χ1) is 10.3. The van der Waals surface area contributed by atoms with Gasteiger partial charge in [-0.05, 0) is 30.3 Å². The molecule has 1 aromatic heterocycles. The van der Waals surface area contributed by atoms with E-state index >= 15 is 0 Å². The molecule has 0 bridgehead atoms. The molecular weight excluding hydrogens is 299 g/mol. The van der Waals surface area contributed by atoms with E-state index in [2.05, 4.69) is 20.1 Å². The lowest BCUT2D eigenvalue weighted by molar-refractivity contribution is -0.274. The minimum absolute atomic E-state index is 0.144. The van der Waals surface area contributed by atoms with E-state index in [0.717, 1.165) is 5.69 Å². The number of ether oxygens (including phenoxy) is 1. The van der Waals surface area contributed by atoms with E-state index in [4.69, 9.17) is 5.73 Å². The van der Waals surface area contributed by atoms with Gasteiger partial charge in [0.05, 0.1) is 12.2 Å². The molecule has 0 spiro atoms. The second-order valence-electron chi connectivity index (χ2n) is 4.34. The fraction of sp³-hybridized carbons (Fsp3) is 0.231. The molecule has 0 atom stereocenters. The summed E-state index contributed by atoms with van der Waals surface area (Å²) in [6, 6.07) is 7.00. The Labute approximate surface area is 124 Å². The zero-order valence-corrected chi connectivity index (χ0v) is 11.6. The van der Waals surface area contributed by atoms with Gasteiger partial charge in [-0.15, -0.1) is 13.2 Å². The number of alkyl halides is 3. The van der Waals surface area contributed by atoms with Crippen molar-refractivity contribution in [3.63, 3.8) is 0 Å². The number of aliphatic imine (C=N–C) groups is 1. The molecule has 0 fully saturated rings. The summed E-state index contributed by atoms with van der Waals surface area (Å²) < 4.78 is 41.5. The van der Waals surface area contributed by atoms with E-state index in [-0.39, 0.29) is 11.7 Å². The maximum atomic E-state index is 12.0. The number of hydrogen-bond acceptors (Lipinski definition) is 3. The number of nitrogens with zero attached hydrogens (tertiary/aromatic N) is 3. The summed E-state index contributed by atoms with van der Waals surface area (Å²) >= 11 is 0. The molecule has 9 heteroatoms. The Morgan fingerprint density at radius 1 is 1.32 bits per heavy atom. The van der Waals surface area contributed by atoms with Crippen LogP contribution in [0.1, 0.15) is 5.69 Å². The second-order valence-corrected chi connectivity index (χ2v) is 4.34. The zero-order valence-electron chi connectivity index (χ0n) is 11.6. The number of anilines is 1. The lowest BCUT2D eigenvalue weighted by Gasteiger charge is -2.10. The van der Waals surface area contributed by atoms with Crippen molar-refractivity contribution in [2.24, 2.45) is 17.8 Å². The van der Waals surface area contributed by atoms with Crippen LogP contribution in [0.25, 0.3) is 0 Å². The van der Waals surface area contributed by atoms with Gasteiger partial charge in [0.25, 0.3) is 0 Å². The molecule has 0 saturated heterocycles. The van der Waals surface area contributed by atoms with Gasteiger partial charge in [-0.1, -0.05) is 0 Å². The standard InChI is InChI=1S/C13H14F3N5O/c1-21-10(6-7-19-21)8-18-12(17)20-9-2-4-11(5-3-9)22-13(14,15)16/h2-7H,8H2,1H3,(H3,17,18,20). The molecule has 118 valence electrons. The molecule has 2 rings (SSSR count). The summed E-state index contributed by atoms with van der Waals surface area (Å²) in [7, 11) is 1.79. The van der Waals surface area contributed by atoms with Crippen LogP contribution in [0.15, 0.2) is 41.5 Å². The number of aryl methyl sites for hydroxylation is 1. The Bertz CT molecular complexity index is 648. The van der Waals surface area contributed by atoms with Crippen LogP contribution in [-0.2, 0) is 13.6 Å². The summed E-state index contributed by atoms with van der Waals surface area (Å²) in [5.41, 5.74) is 7.08. The van der Waals surface area contributed by atoms with Gasteiger partial charge < -0.3 is 15.8 Å². The van der Waals surface area contributed by atoms with Crippen LogP contribution in [0, 0.1) is 0 Å². The third-order valence-electron chi connectivity index (χ3n) is 2.69. The molecule has 6 nitrogen and oxygen atoms in total. The molecule has 3 N–H and O–H groups in total. The first-order valence-corrected chi connectivity index (χ1v) is 6.23. The van der Waals surface area contributed by atoms with E-state index in [1.54, 1.807) is 24.0 Å². The SMILES string of the molecule is Cn1nccc1CN=C(N)Nc1ccc(OC(F)(F)F)cc1. The van der Waals surface area contributed by atoms with Gasteiger partial charge >= 0.3 is 6.36 Å². The Kier molecular flexibility index (Phi) is 4.54. The summed E-state index contributed by atoms with van der Waals surface area (Å²) in [5.74, 6) is -0.158. The summed E-state index contributed by atoms with van der Waals surface area (Å²) in [6.45, 7) is 0.338. The highest BCUT2D eigenvalue weighted by molar-refractivity contribution is 5.92. The molecule has 0 aliphatic rings. The van der Waals surface area contributed by atoms with Crippen molar-refractivity contribution in [3.05, 3.63) is 42.2 Å². The molecule has 0 saturated carbocycles. The van der Waals surface area contributed by atoms with Crippen LogP contribution in [0.4, 0.5) is 18.9 Å². The maximum absolute atomic E-state index is 12.0. The molecule has 22 heavy (non-hydrogen) atoms. The molecule has 1 heterocycles. The van der Waals surface area contributed by atoms with E-state index in [1.165, 1.54) is 24.3 Å². The lowest BCUT2D eigenvalue weighted by atomic mass is 10.3. The molecule has 0 aliphatic heterocycles. The third kappa shape index (κ3) is 4.69. The Morgan fingerprint density at radius 3 is 2.55 bits per heavy atom. The van der Waals surface area contributed by atoms with Crippen LogP contribution in [-0.4, -0.2) is 22.1 Å². The van der Waals surface area contributed by atoms with Gasteiger partial charge in [-0.2, -0.15) is 5.10 Å². The fourth-order valence-electron chi connectivity index (χ4n) is 1.65. The second kappa shape index (κ2) is 6.37. The highest BCUT2D eigenvalue weighted by atomic mass is 19.4. The number of nitrogens with one attached hydrogen (secondary N) is 1. The fourth-order valence-corrected chi connectivity index (χ4v) is 1.65. The predicted molar refractivity (Wildman–Crippen MR) is 75.3 cm³/mol. The molecule has 1 aromatic carbocycles. The van der Waals surface area contributed by atoms with Crippen LogP contribution in [0.5, 0.6) is 5.75 Å². The zero-order chi connectivity index (χ0) is 16.2. The monoisotopic (exact) mass is 313 g/mol. The number of hydrogen-bond donors (Lipinski definition) is 2. The van der Waals surface area contributed by atoms with Crippen molar-refractivity contribution >= 4 is 11.6 Å². The van der Waals surface area contributed by atoms with E-state index in [9.17, 15) is 13.2 Å². The number of benzene rings is 1. The third-order valence-corrected chi connectivity index (χ3v) is 2.69. The highest BCUT2D eigenvalue weighted by Gasteiger charge is 2.30. The normalized spacial score (nSPS) is 12.3. The molecule has 2 aromatic rings. The van der Waals surface area contributed by atoms with Crippen molar-refractivity contribution in [2.75, 3.05) is 5.32 Å². The number of halogens is 3. The van der Waals surface area contributed by atoms with Crippen molar-refractivity contribution in [1.29, 1.82) is 0 Å². The van der Waals surface area contributed by atoms with Gasteiger partial charge in [0.1, 0.15) is 5.75 Å². The van der Waals surface area contributed by atoms with E-state index < -0.39 is 6.36 Å². The van der Waals surface area contributed by atoms with Gasteiger partial charge in [0, 0.05) is 18.9 Å². The van der Waals surface area contributed by atoms with Crippen molar-refractivity contribution in [2.45, 2.75) is 12.9 Å².